The normalized spacial score (nSPS) is 21.9. The summed E-state index contributed by atoms with van der Waals surface area (Å²) in [6.45, 7) is 8.29. The highest BCUT2D eigenvalue weighted by atomic mass is 19.1. The molecule has 7 heteroatoms. The lowest BCUT2D eigenvalue weighted by atomic mass is 9.71. The van der Waals surface area contributed by atoms with Gasteiger partial charge in [0.1, 0.15) is 11.6 Å². The van der Waals surface area contributed by atoms with Crippen molar-refractivity contribution in [1.29, 1.82) is 0 Å². The van der Waals surface area contributed by atoms with Gasteiger partial charge in [-0.05, 0) is 78.7 Å². The fourth-order valence-electron chi connectivity index (χ4n) is 5.46. The molecular weight excluding hydrogens is 474 g/mol. The van der Waals surface area contributed by atoms with Gasteiger partial charge in [-0.3, -0.25) is 4.79 Å². The van der Waals surface area contributed by atoms with E-state index in [9.17, 15) is 23.8 Å². The molecular formula is C30H42F2N2O3. The van der Waals surface area contributed by atoms with Gasteiger partial charge in [-0.25, -0.2) is 8.78 Å². The summed E-state index contributed by atoms with van der Waals surface area (Å²) in [5, 5.41) is 27.0. The first-order valence-electron chi connectivity index (χ1n) is 13.3. The third kappa shape index (κ3) is 8.06. The van der Waals surface area contributed by atoms with Crippen molar-refractivity contribution in [2.24, 2.45) is 5.92 Å². The number of hydrogen-bond acceptors (Lipinski definition) is 4. The van der Waals surface area contributed by atoms with E-state index >= 15 is 0 Å². The molecule has 0 saturated heterocycles. The van der Waals surface area contributed by atoms with Crippen LogP contribution in [0.1, 0.15) is 76.5 Å². The molecule has 1 amide bonds. The Morgan fingerprint density at radius 3 is 2.32 bits per heavy atom. The number of rotatable bonds is 10. The van der Waals surface area contributed by atoms with E-state index in [-0.39, 0.29) is 36.4 Å². The van der Waals surface area contributed by atoms with Crippen molar-refractivity contribution in [3.63, 3.8) is 0 Å². The van der Waals surface area contributed by atoms with Crippen LogP contribution < -0.4 is 10.6 Å². The monoisotopic (exact) mass is 516 g/mol. The zero-order valence-corrected chi connectivity index (χ0v) is 22.5. The first kappa shape index (κ1) is 29.2. The maximum Gasteiger partial charge on any atom is 0.217 e. The van der Waals surface area contributed by atoms with Crippen molar-refractivity contribution in [1.82, 2.24) is 10.6 Å². The molecule has 0 bridgehead atoms. The topological polar surface area (TPSA) is 81.6 Å². The summed E-state index contributed by atoms with van der Waals surface area (Å²) in [6.07, 6.45) is 3.54. The van der Waals surface area contributed by atoms with Crippen LogP contribution >= 0.6 is 0 Å². The van der Waals surface area contributed by atoms with E-state index in [0.29, 0.717) is 11.5 Å². The Balaban J connectivity index is 1.83. The number of carbonyl (C=O) groups excluding carboxylic acids is 1. The van der Waals surface area contributed by atoms with Gasteiger partial charge in [0.05, 0.1) is 12.1 Å². The number of benzene rings is 2. The Bertz CT molecular complexity index is 1030. The summed E-state index contributed by atoms with van der Waals surface area (Å²) in [5.41, 5.74) is 2.39. The summed E-state index contributed by atoms with van der Waals surface area (Å²) >= 11 is 0. The Morgan fingerprint density at radius 1 is 1.11 bits per heavy atom. The van der Waals surface area contributed by atoms with Crippen molar-refractivity contribution >= 4 is 5.91 Å². The van der Waals surface area contributed by atoms with Gasteiger partial charge in [0.25, 0.3) is 0 Å². The number of amides is 1. The van der Waals surface area contributed by atoms with Gasteiger partial charge in [0, 0.05) is 31.7 Å². The predicted molar refractivity (Wildman–Crippen MR) is 142 cm³/mol. The summed E-state index contributed by atoms with van der Waals surface area (Å²) in [4.78, 5) is 11.9. The van der Waals surface area contributed by atoms with E-state index in [1.807, 2.05) is 0 Å². The van der Waals surface area contributed by atoms with Crippen molar-refractivity contribution in [3.8, 4) is 0 Å². The Kier molecular flexibility index (Phi) is 9.84. The maximum atomic E-state index is 13.8. The smallest absolute Gasteiger partial charge is 0.217 e. The van der Waals surface area contributed by atoms with Gasteiger partial charge in [-0.1, -0.05) is 45.0 Å². The number of aliphatic hydroxyl groups is 2. The zero-order valence-electron chi connectivity index (χ0n) is 22.5. The summed E-state index contributed by atoms with van der Waals surface area (Å²) in [5.74, 6) is -1.24. The van der Waals surface area contributed by atoms with Crippen molar-refractivity contribution in [2.45, 2.75) is 89.3 Å². The molecule has 1 aliphatic carbocycles. The molecule has 204 valence electrons. The highest BCUT2D eigenvalue weighted by Crippen LogP contribution is 2.41. The maximum absolute atomic E-state index is 13.8. The van der Waals surface area contributed by atoms with Crippen molar-refractivity contribution in [2.75, 3.05) is 13.2 Å². The number of hydrogen-bond donors (Lipinski definition) is 4. The van der Waals surface area contributed by atoms with Crippen molar-refractivity contribution < 1.29 is 23.8 Å². The van der Waals surface area contributed by atoms with Crippen LogP contribution in [0.15, 0.2) is 42.5 Å². The highest BCUT2D eigenvalue weighted by Gasteiger charge is 2.38. The molecule has 2 atom stereocenters. The van der Waals surface area contributed by atoms with E-state index in [1.54, 1.807) is 0 Å². The second-order valence-electron chi connectivity index (χ2n) is 11.6. The molecule has 2 aromatic rings. The minimum atomic E-state index is -0.979. The average molecular weight is 517 g/mol. The molecule has 0 heterocycles. The van der Waals surface area contributed by atoms with Crippen LogP contribution in [-0.4, -0.2) is 41.4 Å². The first-order valence-corrected chi connectivity index (χ1v) is 13.3. The van der Waals surface area contributed by atoms with Gasteiger partial charge in [0.15, 0.2) is 0 Å². The standard InChI is InChI=1S/C30H42F2N2O3/c1-20(36)34-27(16-22-14-25(31)18-26(32)15-22)28(37)19-33-30(11-8-21(9-12-30)10-13-35)24-7-5-6-23(17-24)29(2,3)4/h5-7,14-15,17-18,21,27-28,33,35,37H,8-13,16,19H2,1-4H3,(H,34,36). The lowest BCUT2D eigenvalue weighted by Gasteiger charge is -2.43. The fraction of sp³-hybridized carbons (Fsp3) is 0.567. The molecule has 0 radical (unpaired) electrons. The number of aliphatic hydroxyl groups excluding tert-OH is 2. The highest BCUT2D eigenvalue weighted by molar-refractivity contribution is 5.73. The molecule has 37 heavy (non-hydrogen) atoms. The quantitative estimate of drug-likeness (QED) is 0.368. The van der Waals surface area contributed by atoms with Crippen LogP contribution in [-0.2, 0) is 22.2 Å². The Hall–Kier alpha value is -2.35. The lowest BCUT2D eigenvalue weighted by molar-refractivity contribution is -0.120. The minimum Gasteiger partial charge on any atom is -0.396 e. The van der Waals surface area contributed by atoms with Crippen LogP contribution in [0, 0.1) is 17.6 Å². The van der Waals surface area contributed by atoms with Crippen molar-refractivity contribution in [3.05, 3.63) is 70.8 Å². The molecule has 1 saturated carbocycles. The third-order valence-electron chi connectivity index (χ3n) is 7.66. The average Bonchev–Trinajstić information content (AvgIpc) is 2.82. The van der Waals surface area contributed by atoms with Crippen LogP contribution in [0.5, 0.6) is 0 Å². The van der Waals surface area contributed by atoms with E-state index in [4.69, 9.17) is 0 Å². The molecule has 4 N–H and O–H groups in total. The van der Waals surface area contributed by atoms with Gasteiger partial charge >= 0.3 is 0 Å². The molecule has 1 fully saturated rings. The van der Waals surface area contributed by atoms with Gasteiger partial charge in [-0.2, -0.15) is 0 Å². The molecule has 3 rings (SSSR count). The Labute approximate surface area is 219 Å². The zero-order chi connectivity index (χ0) is 27.2. The molecule has 0 aromatic heterocycles. The largest absolute Gasteiger partial charge is 0.396 e. The number of halogens is 2. The second-order valence-corrected chi connectivity index (χ2v) is 11.6. The van der Waals surface area contributed by atoms with Crippen LogP contribution in [0.4, 0.5) is 8.78 Å². The SMILES string of the molecule is CC(=O)NC(Cc1cc(F)cc(F)c1)C(O)CNC1(c2cccc(C(C)(C)C)c2)CCC(CCO)CC1. The molecule has 2 unspecified atom stereocenters. The summed E-state index contributed by atoms with van der Waals surface area (Å²) < 4.78 is 27.5. The van der Waals surface area contributed by atoms with E-state index in [2.05, 4.69) is 55.7 Å². The molecule has 0 spiro atoms. The summed E-state index contributed by atoms with van der Waals surface area (Å²) in [6, 6.07) is 11.1. The van der Waals surface area contributed by atoms with Crippen LogP contribution in [0.25, 0.3) is 0 Å². The molecule has 2 aromatic carbocycles. The third-order valence-corrected chi connectivity index (χ3v) is 7.66. The Morgan fingerprint density at radius 2 is 1.76 bits per heavy atom. The molecule has 0 aliphatic heterocycles. The van der Waals surface area contributed by atoms with Gasteiger partial charge < -0.3 is 20.8 Å². The van der Waals surface area contributed by atoms with E-state index in [0.717, 1.165) is 43.7 Å². The van der Waals surface area contributed by atoms with Crippen LogP contribution in [0.2, 0.25) is 0 Å². The van der Waals surface area contributed by atoms with Crippen LogP contribution in [0.3, 0.4) is 0 Å². The summed E-state index contributed by atoms with van der Waals surface area (Å²) in [7, 11) is 0. The van der Waals surface area contributed by atoms with Gasteiger partial charge in [0.2, 0.25) is 5.91 Å². The first-order chi connectivity index (χ1) is 17.4. The van der Waals surface area contributed by atoms with E-state index in [1.165, 1.54) is 24.6 Å². The molecule has 1 aliphatic rings. The lowest BCUT2D eigenvalue weighted by Crippen LogP contribution is -2.53. The van der Waals surface area contributed by atoms with Gasteiger partial charge in [-0.15, -0.1) is 0 Å². The molecule has 5 nitrogen and oxygen atoms in total. The van der Waals surface area contributed by atoms with E-state index < -0.39 is 23.8 Å². The minimum absolute atomic E-state index is 0.0124. The second kappa shape index (κ2) is 12.5. The number of nitrogens with one attached hydrogen (secondary N) is 2. The number of carbonyl (C=O) groups is 1. The fourth-order valence-corrected chi connectivity index (χ4v) is 5.46. The predicted octanol–water partition coefficient (Wildman–Crippen LogP) is 4.73.